The van der Waals surface area contributed by atoms with Gasteiger partial charge >= 0.3 is 0 Å². The number of hydrogen-bond acceptors (Lipinski definition) is 3. The summed E-state index contributed by atoms with van der Waals surface area (Å²) >= 11 is 3.20. The molecule has 0 saturated heterocycles. The molecular formula is C9H13BrClNO2. The van der Waals surface area contributed by atoms with Crippen molar-refractivity contribution >= 4 is 28.3 Å². The number of aliphatic hydroxyl groups is 1. The number of para-hydroxylation sites is 1. The van der Waals surface area contributed by atoms with Crippen LogP contribution in [-0.2, 0) is 0 Å². The van der Waals surface area contributed by atoms with E-state index in [1.807, 2.05) is 0 Å². The standard InChI is InChI=1S/C9H12BrNO2.ClH/c10-7-3-1-2-6(9(7)13)8(11)4-5-12;/h1-3,8,12-13H,4-5,11H2;1H/t8-;/m0./s1. The smallest absolute Gasteiger partial charge is 0.134 e. The van der Waals surface area contributed by atoms with Crippen LogP contribution in [0.5, 0.6) is 5.75 Å². The van der Waals surface area contributed by atoms with E-state index in [9.17, 15) is 5.11 Å². The van der Waals surface area contributed by atoms with Gasteiger partial charge in [0.1, 0.15) is 5.75 Å². The predicted octanol–water partition coefficient (Wildman–Crippen LogP) is 1.96. The van der Waals surface area contributed by atoms with Gasteiger partial charge in [0.15, 0.2) is 0 Å². The summed E-state index contributed by atoms with van der Waals surface area (Å²) in [4.78, 5) is 0. The lowest BCUT2D eigenvalue weighted by molar-refractivity contribution is 0.275. The van der Waals surface area contributed by atoms with E-state index in [0.29, 0.717) is 16.5 Å². The van der Waals surface area contributed by atoms with Crippen LogP contribution < -0.4 is 5.73 Å². The number of benzene rings is 1. The fourth-order valence-corrected chi connectivity index (χ4v) is 1.51. The van der Waals surface area contributed by atoms with Crippen molar-refractivity contribution in [2.75, 3.05) is 6.61 Å². The molecule has 0 aromatic heterocycles. The van der Waals surface area contributed by atoms with Crippen molar-refractivity contribution in [3.05, 3.63) is 28.2 Å². The average Bonchev–Trinajstić information content (AvgIpc) is 2.10. The first kappa shape index (κ1) is 13.7. The molecule has 0 bridgehead atoms. The SMILES string of the molecule is Cl.N[C@@H](CCO)c1cccc(Br)c1O. The number of nitrogens with two attached hydrogens (primary N) is 1. The highest BCUT2D eigenvalue weighted by Gasteiger charge is 2.11. The number of aromatic hydroxyl groups is 1. The monoisotopic (exact) mass is 281 g/mol. The first-order chi connectivity index (χ1) is 6.16. The molecule has 14 heavy (non-hydrogen) atoms. The molecule has 0 aliphatic rings. The molecule has 3 nitrogen and oxygen atoms in total. The van der Waals surface area contributed by atoms with Crippen LogP contribution in [0.3, 0.4) is 0 Å². The second-order valence-electron chi connectivity index (χ2n) is 2.80. The zero-order chi connectivity index (χ0) is 9.84. The van der Waals surface area contributed by atoms with Crippen LogP contribution in [0.4, 0.5) is 0 Å². The molecule has 0 unspecified atom stereocenters. The fraction of sp³-hybridized carbons (Fsp3) is 0.333. The molecule has 0 heterocycles. The minimum absolute atomic E-state index is 0. The van der Waals surface area contributed by atoms with E-state index in [-0.39, 0.29) is 30.8 Å². The van der Waals surface area contributed by atoms with Crippen molar-refractivity contribution in [2.24, 2.45) is 5.73 Å². The Bertz CT molecular complexity index is 296. The summed E-state index contributed by atoms with van der Waals surface area (Å²) in [7, 11) is 0. The van der Waals surface area contributed by atoms with E-state index in [2.05, 4.69) is 15.9 Å². The highest BCUT2D eigenvalue weighted by Crippen LogP contribution is 2.31. The molecule has 0 radical (unpaired) electrons. The van der Waals surface area contributed by atoms with Crippen LogP contribution >= 0.6 is 28.3 Å². The largest absolute Gasteiger partial charge is 0.506 e. The van der Waals surface area contributed by atoms with Gasteiger partial charge in [-0.25, -0.2) is 0 Å². The zero-order valence-electron chi connectivity index (χ0n) is 7.48. The molecule has 0 aliphatic heterocycles. The van der Waals surface area contributed by atoms with Crippen molar-refractivity contribution in [3.63, 3.8) is 0 Å². The van der Waals surface area contributed by atoms with E-state index in [0.717, 1.165) is 0 Å². The zero-order valence-corrected chi connectivity index (χ0v) is 9.88. The molecular weight excluding hydrogens is 269 g/mol. The van der Waals surface area contributed by atoms with Gasteiger partial charge in [-0.05, 0) is 28.4 Å². The van der Waals surface area contributed by atoms with Gasteiger partial charge in [-0.2, -0.15) is 0 Å². The minimum atomic E-state index is -0.317. The number of halogens is 2. The Balaban J connectivity index is 0.00000169. The molecule has 1 aromatic rings. The summed E-state index contributed by atoms with van der Waals surface area (Å²) < 4.78 is 0.624. The van der Waals surface area contributed by atoms with Crippen LogP contribution in [-0.4, -0.2) is 16.8 Å². The third-order valence-corrected chi connectivity index (χ3v) is 2.50. The van der Waals surface area contributed by atoms with Gasteiger partial charge in [0.2, 0.25) is 0 Å². The highest BCUT2D eigenvalue weighted by atomic mass is 79.9. The Morgan fingerprint density at radius 1 is 1.43 bits per heavy atom. The van der Waals surface area contributed by atoms with Crippen molar-refractivity contribution in [1.29, 1.82) is 0 Å². The lowest BCUT2D eigenvalue weighted by atomic mass is 10.0. The molecule has 4 N–H and O–H groups in total. The third-order valence-electron chi connectivity index (χ3n) is 1.86. The Labute approximate surface area is 97.5 Å². The van der Waals surface area contributed by atoms with Gasteiger partial charge in [-0.15, -0.1) is 12.4 Å². The third kappa shape index (κ3) is 3.13. The predicted molar refractivity (Wildman–Crippen MR) is 61.7 cm³/mol. The van der Waals surface area contributed by atoms with Crippen LogP contribution in [0.2, 0.25) is 0 Å². The lowest BCUT2D eigenvalue weighted by Crippen LogP contribution is -2.12. The topological polar surface area (TPSA) is 66.5 Å². The lowest BCUT2D eigenvalue weighted by Gasteiger charge is -2.12. The highest BCUT2D eigenvalue weighted by molar-refractivity contribution is 9.10. The maximum atomic E-state index is 9.59. The van der Waals surface area contributed by atoms with Crippen LogP contribution in [0.25, 0.3) is 0 Å². The molecule has 0 fully saturated rings. The van der Waals surface area contributed by atoms with Gasteiger partial charge in [0, 0.05) is 18.2 Å². The normalized spacial score (nSPS) is 11.9. The van der Waals surface area contributed by atoms with Crippen molar-refractivity contribution < 1.29 is 10.2 Å². The van der Waals surface area contributed by atoms with Gasteiger partial charge in [-0.3, -0.25) is 0 Å². The number of aliphatic hydroxyl groups excluding tert-OH is 1. The maximum absolute atomic E-state index is 9.59. The quantitative estimate of drug-likeness (QED) is 0.794. The maximum Gasteiger partial charge on any atom is 0.134 e. The fourth-order valence-electron chi connectivity index (χ4n) is 1.13. The first-order valence-corrected chi connectivity index (χ1v) is 4.80. The molecule has 1 aromatic carbocycles. The Hall–Kier alpha value is -0.290. The number of hydrogen-bond donors (Lipinski definition) is 3. The van der Waals surface area contributed by atoms with Gasteiger partial charge in [0.25, 0.3) is 0 Å². The molecule has 1 rings (SSSR count). The molecule has 5 heteroatoms. The Kier molecular flexibility index (Phi) is 6.11. The van der Waals surface area contributed by atoms with Crippen molar-refractivity contribution in [2.45, 2.75) is 12.5 Å². The van der Waals surface area contributed by atoms with Crippen LogP contribution in [0, 0.1) is 0 Å². The molecule has 0 amide bonds. The summed E-state index contributed by atoms with van der Waals surface area (Å²) in [5.74, 6) is 0.156. The summed E-state index contributed by atoms with van der Waals surface area (Å²) in [6.45, 7) is 0.0210. The van der Waals surface area contributed by atoms with E-state index in [1.165, 1.54) is 0 Å². The second kappa shape index (κ2) is 6.24. The van der Waals surface area contributed by atoms with Gasteiger partial charge < -0.3 is 15.9 Å². The number of phenolic OH excluding ortho intramolecular Hbond substituents is 1. The summed E-state index contributed by atoms with van der Waals surface area (Å²) in [5, 5.41) is 18.3. The van der Waals surface area contributed by atoms with E-state index in [1.54, 1.807) is 18.2 Å². The molecule has 80 valence electrons. The summed E-state index contributed by atoms with van der Waals surface area (Å²) in [5.41, 5.74) is 6.39. The molecule has 0 spiro atoms. The van der Waals surface area contributed by atoms with Gasteiger partial charge in [0.05, 0.1) is 4.47 Å². The molecule has 0 aliphatic carbocycles. The summed E-state index contributed by atoms with van der Waals surface area (Å²) in [6, 6.07) is 4.98. The molecule has 0 saturated carbocycles. The van der Waals surface area contributed by atoms with E-state index < -0.39 is 0 Å². The summed E-state index contributed by atoms with van der Waals surface area (Å²) in [6.07, 6.45) is 0.448. The van der Waals surface area contributed by atoms with Crippen LogP contribution in [0.1, 0.15) is 18.0 Å². The first-order valence-electron chi connectivity index (χ1n) is 4.00. The molecule has 1 atom stereocenters. The second-order valence-corrected chi connectivity index (χ2v) is 3.65. The van der Waals surface area contributed by atoms with Gasteiger partial charge in [-0.1, -0.05) is 12.1 Å². The minimum Gasteiger partial charge on any atom is -0.506 e. The Morgan fingerprint density at radius 3 is 2.64 bits per heavy atom. The number of rotatable bonds is 3. The number of phenols is 1. The average molecular weight is 283 g/mol. The van der Waals surface area contributed by atoms with E-state index >= 15 is 0 Å². The Morgan fingerprint density at radius 2 is 2.07 bits per heavy atom. The van der Waals surface area contributed by atoms with Crippen molar-refractivity contribution in [1.82, 2.24) is 0 Å². The van der Waals surface area contributed by atoms with E-state index in [4.69, 9.17) is 10.8 Å². The van der Waals surface area contributed by atoms with Crippen LogP contribution in [0.15, 0.2) is 22.7 Å². The van der Waals surface area contributed by atoms with Crippen molar-refractivity contribution in [3.8, 4) is 5.75 Å².